The lowest BCUT2D eigenvalue weighted by Gasteiger charge is -2.46. The molecule has 8 nitrogen and oxygen atoms in total. The predicted octanol–water partition coefficient (Wildman–Crippen LogP) is 1.55. The van der Waals surface area contributed by atoms with Gasteiger partial charge in [0.25, 0.3) is 0 Å². The molecule has 0 aromatic heterocycles. The van der Waals surface area contributed by atoms with Crippen LogP contribution in [0.15, 0.2) is 34.9 Å². The number of aryl methyl sites for hydroxylation is 1. The third kappa shape index (κ3) is 3.86. The van der Waals surface area contributed by atoms with Crippen molar-refractivity contribution in [2.24, 2.45) is 11.8 Å². The number of nitrogens with zero attached hydrogens (tertiary/aromatic N) is 1. The number of benzene rings is 1. The lowest BCUT2D eigenvalue weighted by Crippen LogP contribution is -2.63. The van der Waals surface area contributed by atoms with Crippen molar-refractivity contribution in [2.75, 3.05) is 11.9 Å². The highest BCUT2D eigenvalue weighted by Gasteiger charge is 2.60. The van der Waals surface area contributed by atoms with Crippen molar-refractivity contribution in [1.82, 2.24) is 10.2 Å². The molecule has 0 spiro atoms. The molecule has 166 valence electrons. The van der Waals surface area contributed by atoms with Crippen LogP contribution in [0.3, 0.4) is 0 Å². The Balaban J connectivity index is 1.44. The number of fused-ring (bicyclic) bond motifs is 1. The molecule has 3 aliphatic heterocycles. The van der Waals surface area contributed by atoms with E-state index < -0.39 is 18.0 Å². The highest BCUT2D eigenvalue weighted by Crippen LogP contribution is 2.51. The van der Waals surface area contributed by atoms with E-state index in [0.29, 0.717) is 17.9 Å². The fourth-order valence-electron chi connectivity index (χ4n) is 4.80. The fraction of sp³-hybridized carbons (Fsp3) is 0.500. The monoisotopic (exact) mass is 445 g/mol. The summed E-state index contributed by atoms with van der Waals surface area (Å²) in [5.74, 6) is -2.33. The molecule has 31 heavy (non-hydrogen) atoms. The maximum atomic E-state index is 12.7. The Bertz CT molecular complexity index is 962. The van der Waals surface area contributed by atoms with Crippen molar-refractivity contribution in [2.45, 2.75) is 50.6 Å². The predicted molar refractivity (Wildman–Crippen MR) is 117 cm³/mol. The van der Waals surface area contributed by atoms with Crippen LogP contribution < -0.4 is 10.6 Å². The van der Waals surface area contributed by atoms with Crippen LogP contribution in [0.5, 0.6) is 0 Å². The van der Waals surface area contributed by atoms with Crippen LogP contribution in [0.4, 0.5) is 5.69 Å². The molecule has 3 aliphatic rings. The molecule has 1 aromatic rings. The summed E-state index contributed by atoms with van der Waals surface area (Å²) in [6.07, 6.45) is -0.261. The molecule has 9 heteroatoms. The first kappa shape index (κ1) is 21.9. The van der Waals surface area contributed by atoms with Crippen LogP contribution in [0.1, 0.15) is 25.8 Å². The molecule has 4 rings (SSSR count). The molecule has 3 heterocycles. The van der Waals surface area contributed by atoms with E-state index in [1.165, 1.54) is 16.7 Å². The van der Waals surface area contributed by atoms with E-state index in [9.17, 15) is 24.6 Å². The number of nitrogens with one attached hydrogen (secondary N) is 2. The topological polar surface area (TPSA) is 119 Å². The van der Waals surface area contributed by atoms with Gasteiger partial charge in [-0.15, -0.1) is 11.8 Å². The summed E-state index contributed by atoms with van der Waals surface area (Å²) in [7, 11) is 0. The standard InChI is InChI=1S/C22H27N3O5S/c1-10-5-4-6-13(7-10)24-20(27)15-8-14(9-23-15)31-19-11(2)17-16(12(3)26)21(28)25(17)18(19)22(29)30/h4-7,11-12,14-17,23,26H,8-9H2,1-3H3,(H,24,27)(H,29,30). The molecular weight excluding hydrogens is 418 g/mol. The number of aliphatic carboxylic acids is 1. The Morgan fingerprint density at radius 1 is 1.35 bits per heavy atom. The second kappa shape index (κ2) is 8.29. The quantitative estimate of drug-likeness (QED) is 0.491. The molecule has 1 aromatic carbocycles. The third-order valence-corrected chi connectivity index (χ3v) is 7.81. The number of amides is 2. The molecule has 6 unspecified atom stereocenters. The van der Waals surface area contributed by atoms with Gasteiger partial charge >= 0.3 is 5.97 Å². The van der Waals surface area contributed by atoms with Gasteiger partial charge in [0.2, 0.25) is 11.8 Å². The van der Waals surface area contributed by atoms with Gasteiger partial charge in [-0.2, -0.15) is 0 Å². The minimum atomic E-state index is -1.13. The Kier molecular flexibility index (Phi) is 5.85. The smallest absolute Gasteiger partial charge is 0.353 e. The first-order valence-electron chi connectivity index (χ1n) is 10.4. The summed E-state index contributed by atoms with van der Waals surface area (Å²) in [4.78, 5) is 39.0. The first-order valence-corrected chi connectivity index (χ1v) is 11.3. The second-order valence-corrected chi connectivity index (χ2v) is 9.91. The van der Waals surface area contributed by atoms with Gasteiger partial charge in [-0.25, -0.2) is 4.79 Å². The molecule has 0 aliphatic carbocycles. The molecule has 2 amide bonds. The number of rotatable bonds is 6. The molecule has 6 atom stereocenters. The van der Waals surface area contributed by atoms with E-state index in [2.05, 4.69) is 10.6 Å². The summed E-state index contributed by atoms with van der Waals surface area (Å²) in [5.41, 5.74) is 1.83. The molecule has 0 saturated carbocycles. The van der Waals surface area contributed by atoms with Gasteiger partial charge in [-0.3, -0.25) is 9.59 Å². The SMILES string of the molecule is Cc1cccc(NC(=O)C2CC(SC3=C(C(=O)O)N4C(=O)C(C(C)O)C4C3C)CN2)c1. The first-order chi connectivity index (χ1) is 14.7. The van der Waals surface area contributed by atoms with Crippen LogP contribution in [-0.4, -0.2) is 62.9 Å². The number of anilines is 1. The molecule has 2 saturated heterocycles. The average molecular weight is 446 g/mol. The van der Waals surface area contributed by atoms with Gasteiger partial charge < -0.3 is 25.7 Å². The Morgan fingerprint density at radius 3 is 2.74 bits per heavy atom. The number of aliphatic hydroxyl groups excluding tert-OH is 1. The Morgan fingerprint density at radius 2 is 2.10 bits per heavy atom. The summed E-state index contributed by atoms with van der Waals surface area (Å²) >= 11 is 1.43. The summed E-state index contributed by atoms with van der Waals surface area (Å²) < 4.78 is 0. The summed E-state index contributed by atoms with van der Waals surface area (Å²) in [5, 5.41) is 25.9. The van der Waals surface area contributed by atoms with Crippen LogP contribution in [0.2, 0.25) is 0 Å². The number of β-lactam (4-membered cyclic amide) rings is 1. The Hall–Kier alpha value is -2.36. The lowest BCUT2D eigenvalue weighted by atomic mass is 9.79. The lowest BCUT2D eigenvalue weighted by molar-refractivity contribution is -0.163. The maximum Gasteiger partial charge on any atom is 0.353 e. The van der Waals surface area contributed by atoms with Crippen molar-refractivity contribution >= 4 is 35.2 Å². The van der Waals surface area contributed by atoms with E-state index in [1.807, 2.05) is 38.1 Å². The maximum absolute atomic E-state index is 12.7. The zero-order valence-corrected chi connectivity index (χ0v) is 18.5. The molecule has 0 radical (unpaired) electrons. The van der Waals surface area contributed by atoms with Crippen LogP contribution in [0, 0.1) is 18.8 Å². The molecule has 4 N–H and O–H groups in total. The average Bonchev–Trinajstić information content (AvgIpc) is 3.24. The van der Waals surface area contributed by atoms with Gasteiger partial charge in [0.1, 0.15) is 5.70 Å². The number of carboxylic acid groups (broad SMARTS) is 1. The highest BCUT2D eigenvalue weighted by atomic mass is 32.2. The highest BCUT2D eigenvalue weighted by molar-refractivity contribution is 8.03. The fourth-order valence-corrected chi connectivity index (χ4v) is 6.28. The van der Waals surface area contributed by atoms with Crippen molar-refractivity contribution in [3.8, 4) is 0 Å². The van der Waals surface area contributed by atoms with Gasteiger partial charge in [0.05, 0.1) is 24.1 Å². The van der Waals surface area contributed by atoms with Crippen LogP contribution in [0.25, 0.3) is 0 Å². The van der Waals surface area contributed by atoms with Crippen LogP contribution >= 0.6 is 11.8 Å². The van der Waals surface area contributed by atoms with E-state index in [4.69, 9.17) is 0 Å². The largest absolute Gasteiger partial charge is 0.477 e. The summed E-state index contributed by atoms with van der Waals surface area (Å²) in [6.45, 7) is 6.00. The van der Waals surface area contributed by atoms with Crippen molar-refractivity contribution in [3.63, 3.8) is 0 Å². The second-order valence-electron chi connectivity index (χ2n) is 8.57. The molecule has 2 fully saturated rings. The van der Waals surface area contributed by atoms with Gasteiger partial charge in [-0.05, 0) is 38.0 Å². The van der Waals surface area contributed by atoms with E-state index in [-0.39, 0.29) is 40.8 Å². The van der Waals surface area contributed by atoms with E-state index in [0.717, 1.165) is 11.3 Å². The van der Waals surface area contributed by atoms with Gasteiger partial charge in [0.15, 0.2) is 0 Å². The number of carboxylic acids is 1. The molecular formula is C22H27N3O5S. The number of thioether (sulfide) groups is 1. The van der Waals surface area contributed by atoms with E-state index >= 15 is 0 Å². The summed E-state index contributed by atoms with van der Waals surface area (Å²) in [6, 6.07) is 6.91. The number of carbonyl (C=O) groups is 3. The van der Waals surface area contributed by atoms with Crippen molar-refractivity contribution < 1.29 is 24.6 Å². The molecule has 0 bridgehead atoms. The van der Waals surface area contributed by atoms with Crippen molar-refractivity contribution in [3.05, 3.63) is 40.4 Å². The van der Waals surface area contributed by atoms with Gasteiger partial charge in [-0.1, -0.05) is 19.1 Å². The zero-order valence-electron chi connectivity index (χ0n) is 17.7. The van der Waals surface area contributed by atoms with Gasteiger partial charge in [0, 0.05) is 28.3 Å². The number of hydrogen-bond acceptors (Lipinski definition) is 6. The number of aliphatic hydroxyl groups is 1. The minimum absolute atomic E-state index is 0.0128. The number of hydrogen-bond donors (Lipinski definition) is 4. The van der Waals surface area contributed by atoms with Crippen LogP contribution in [-0.2, 0) is 14.4 Å². The Labute approximate surface area is 185 Å². The normalized spacial score (nSPS) is 30.8. The zero-order chi connectivity index (χ0) is 22.4. The minimum Gasteiger partial charge on any atom is -0.477 e. The number of carbonyl (C=O) groups excluding carboxylic acids is 2. The van der Waals surface area contributed by atoms with E-state index in [1.54, 1.807) is 6.92 Å². The third-order valence-electron chi connectivity index (χ3n) is 6.30. The van der Waals surface area contributed by atoms with Crippen molar-refractivity contribution in [1.29, 1.82) is 0 Å².